The molecule has 3 N–H and O–H groups in total. The molecule has 0 bridgehead atoms. The number of nitrogens with zero attached hydrogens (tertiary/aromatic N) is 1. The molecule has 0 radical (unpaired) electrons. The molecular weight excluding hydrogens is 174 g/mol. The minimum Gasteiger partial charge on any atom is -0.317 e. The summed E-state index contributed by atoms with van der Waals surface area (Å²) in [5.74, 6) is 0.889. The van der Waals surface area contributed by atoms with Crippen molar-refractivity contribution in [3.63, 3.8) is 0 Å². The van der Waals surface area contributed by atoms with Crippen molar-refractivity contribution in [3.8, 4) is 0 Å². The zero-order chi connectivity index (χ0) is 9.80. The molecule has 2 heterocycles. The van der Waals surface area contributed by atoms with Gasteiger partial charge in [0, 0.05) is 6.54 Å². The van der Waals surface area contributed by atoms with Gasteiger partial charge in [0.2, 0.25) is 0 Å². The number of nitrogens with one attached hydrogen (secondary N) is 1. The molecule has 14 heavy (non-hydrogen) atoms. The fourth-order valence-electron chi connectivity index (χ4n) is 2.64. The van der Waals surface area contributed by atoms with Crippen molar-refractivity contribution in [2.24, 2.45) is 11.7 Å². The molecule has 0 aromatic carbocycles. The quantitative estimate of drug-likeness (QED) is 0.686. The molecule has 2 fully saturated rings. The third-order valence-electron chi connectivity index (χ3n) is 3.62. The van der Waals surface area contributed by atoms with Crippen LogP contribution in [0.4, 0.5) is 0 Å². The largest absolute Gasteiger partial charge is 0.317 e. The minimum atomic E-state index is 0.346. The number of nitrogens with two attached hydrogens (primary N) is 1. The summed E-state index contributed by atoms with van der Waals surface area (Å²) < 4.78 is 0. The lowest BCUT2D eigenvalue weighted by molar-refractivity contribution is 0.118. The molecule has 2 aliphatic rings. The molecule has 1 unspecified atom stereocenters. The zero-order valence-corrected chi connectivity index (χ0v) is 9.04. The molecule has 3 heteroatoms. The molecule has 2 rings (SSSR count). The number of likely N-dealkylation sites (tertiary alicyclic amines) is 1. The van der Waals surface area contributed by atoms with Crippen LogP contribution >= 0.6 is 0 Å². The van der Waals surface area contributed by atoms with Gasteiger partial charge in [0.15, 0.2) is 0 Å². The monoisotopic (exact) mass is 197 g/mol. The first-order chi connectivity index (χ1) is 6.86. The van der Waals surface area contributed by atoms with Crippen LogP contribution in [0.5, 0.6) is 0 Å². The SMILES string of the molecule is NC1CCCCN1CC1CCNCC1. The second-order valence-corrected chi connectivity index (χ2v) is 4.75. The summed E-state index contributed by atoms with van der Waals surface area (Å²) in [6.07, 6.45) is 6.89. The molecule has 1 atom stereocenters. The molecule has 0 amide bonds. The molecule has 3 nitrogen and oxygen atoms in total. The minimum absolute atomic E-state index is 0.346. The Labute approximate surface area is 87.0 Å². The van der Waals surface area contributed by atoms with Gasteiger partial charge in [0.1, 0.15) is 0 Å². The Morgan fingerprint density at radius 2 is 1.93 bits per heavy atom. The summed E-state index contributed by atoms with van der Waals surface area (Å²) in [5, 5.41) is 3.41. The van der Waals surface area contributed by atoms with Gasteiger partial charge in [-0.1, -0.05) is 0 Å². The van der Waals surface area contributed by atoms with Crippen LogP contribution in [-0.4, -0.2) is 37.2 Å². The summed E-state index contributed by atoms with van der Waals surface area (Å²) >= 11 is 0. The molecule has 82 valence electrons. The summed E-state index contributed by atoms with van der Waals surface area (Å²) in [5.41, 5.74) is 6.11. The molecule has 0 spiro atoms. The Balaban J connectivity index is 1.76. The maximum atomic E-state index is 6.11. The van der Waals surface area contributed by atoms with E-state index in [0.29, 0.717) is 6.17 Å². The van der Waals surface area contributed by atoms with Gasteiger partial charge in [0.25, 0.3) is 0 Å². The summed E-state index contributed by atoms with van der Waals surface area (Å²) in [6.45, 7) is 4.87. The Kier molecular flexibility index (Phi) is 3.79. The van der Waals surface area contributed by atoms with Crippen molar-refractivity contribution >= 4 is 0 Å². The predicted molar refractivity (Wildman–Crippen MR) is 59.0 cm³/mol. The van der Waals surface area contributed by atoms with E-state index < -0.39 is 0 Å². The maximum absolute atomic E-state index is 6.11. The zero-order valence-electron chi connectivity index (χ0n) is 9.04. The van der Waals surface area contributed by atoms with Crippen molar-refractivity contribution in [2.75, 3.05) is 26.2 Å². The molecule has 0 aromatic rings. The molecule has 2 aliphatic heterocycles. The second-order valence-electron chi connectivity index (χ2n) is 4.75. The van der Waals surface area contributed by atoms with Crippen LogP contribution in [0.3, 0.4) is 0 Å². The highest BCUT2D eigenvalue weighted by atomic mass is 15.2. The van der Waals surface area contributed by atoms with E-state index in [1.807, 2.05) is 0 Å². The average molecular weight is 197 g/mol. The number of hydrogen-bond donors (Lipinski definition) is 2. The van der Waals surface area contributed by atoms with Crippen molar-refractivity contribution in [2.45, 2.75) is 38.3 Å². The topological polar surface area (TPSA) is 41.3 Å². The molecule has 2 saturated heterocycles. The van der Waals surface area contributed by atoms with Gasteiger partial charge >= 0.3 is 0 Å². The lowest BCUT2D eigenvalue weighted by Crippen LogP contribution is -2.48. The fraction of sp³-hybridized carbons (Fsp3) is 1.00. The Bertz CT molecular complexity index is 166. The van der Waals surface area contributed by atoms with Crippen LogP contribution in [0.2, 0.25) is 0 Å². The predicted octanol–water partition coefficient (Wildman–Crippen LogP) is 0.757. The Morgan fingerprint density at radius 3 is 2.64 bits per heavy atom. The van der Waals surface area contributed by atoms with Gasteiger partial charge in [-0.3, -0.25) is 4.90 Å². The van der Waals surface area contributed by atoms with Gasteiger partial charge in [-0.25, -0.2) is 0 Å². The normalized spacial score (nSPS) is 31.9. The highest BCUT2D eigenvalue weighted by Gasteiger charge is 2.22. The molecule has 0 aromatic heterocycles. The average Bonchev–Trinajstić information content (AvgIpc) is 2.23. The third-order valence-corrected chi connectivity index (χ3v) is 3.62. The van der Waals surface area contributed by atoms with E-state index in [1.54, 1.807) is 0 Å². The summed E-state index contributed by atoms with van der Waals surface area (Å²) in [6, 6.07) is 0. The highest BCUT2D eigenvalue weighted by molar-refractivity contribution is 4.77. The van der Waals surface area contributed by atoms with Crippen molar-refractivity contribution in [3.05, 3.63) is 0 Å². The second kappa shape index (κ2) is 5.10. The van der Waals surface area contributed by atoms with Crippen LogP contribution in [0.15, 0.2) is 0 Å². The lowest BCUT2D eigenvalue weighted by Gasteiger charge is -2.36. The smallest absolute Gasteiger partial charge is 0.0571 e. The molecular formula is C11H23N3. The van der Waals surface area contributed by atoms with Gasteiger partial charge in [0.05, 0.1) is 6.17 Å². The van der Waals surface area contributed by atoms with Crippen LogP contribution in [0.25, 0.3) is 0 Å². The van der Waals surface area contributed by atoms with E-state index in [-0.39, 0.29) is 0 Å². The first-order valence-electron chi connectivity index (χ1n) is 6.06. The van der Waals surface area contributed by atoms with E-state index in [2.05, 4.69) is 10.2 Å². The standard InChI is InChI=1S/C11H23N3/c12-11-3-1-2-8-14(11)9-10-4-6-13-7-5-10/h10-11,13H,1-9,12H2. The Morgan fingerprint density at radius 1 is 1.14 bits per heavy atom. The maximum Gasteiger partial charge on any atom is 0.0571 e. The van der Waals surface area contributed by atoms with E-state index >= 15 is 0 Å². The summed E-state index contributed by atoms with van der Waals surface area (Å²) in [7, 11) is 0. The fourth-order valence-corrected chi connectivity index (χ4v) is 2.64. The number of rotatable bonds is 2. The van der Waals surface area contributed by atoms with Crippen LogP contribution in [0.1, 0.15) is 32.1 Å². The Hall–Kier alpha value is -0.120. The molecule has 0 aliphatic carbocycles. The van der Waals surface area contributed by atoms with Crippen LogP contribution < -0.4 is 11.1 Å². The van der Waals surface area contributed by atoms with Crippen molar-refractivity contribution in [1.29, 1.82) is 0 Å². The van der Waals surface area contributed by atoms with E-state index in [4.69, 9.17) is 5.73 Å². The first kappa shape index (κ1) is 10.4. The van der Waals surface area contributed by atoms with Gasteiger partial charge in [-0.2, -0.15) is 0 Å². The van der Waals surface area contributed by atoms with Gasteiger partial charge < -0.3 is 11.1 Å². The van der Waals surface area contributed by atoms with Gasteiger partial charge in [-0.15, -0.1) is 0 Å². The lowest BCUT2D eigenvalue weighted by atomic mass is 9.96. The molecule has 0 saturated carbocycles. The number of piperidine rings is 2. The van der Waals surface area contributed by atoms with Crippen molar-refractivity contribution < 1.29 is 0 Å². The third kappa shape index (κ3) is 2.69. The van der Waals surface area contributed by atoms with E-state index in [0.717, 1.165) is 5.92 Å². The van der Waals surface area contributed by atoms with Crippen LogP contribution in [0, 0.1) is 5.92 Å². The first-order valence-corrected chi connectivity index (χ1v) is 6.06. The van der Waals surface area contributed by atoms with E-state index in [1.165, 1.54) is 58.3 Å². The van der Waals surface area contributed by atoms with E-state index in [9.17, 15) is 0 Å². The summed E-state index contributed by atoms with van der Waals surface area (Å²) in [4.78, 5) is 2.50. The number of hydrogen-bond acceptors (Lipinski definition) is 3. The van der Waals surface area contributed by atoms with Crippen molar-refractivity contribution in [1.82, 2.24) is 10.2 Å². The van der Waals surface area contributed by atoms with Crippen LogP contribution in [-0.2, 0) is 0 Å². The highest BCUT2D eigenvalue weighted by Crippen LogP contribution is 2.19. The van der Waals surface area contributed by atoms with Gasteiger partial charge in [-0.05, 0) is 57.7 Å².